The lowest BCUT2D eigenvalue weighted by molar-refractivity contribution is 0.0666. The average Bonchev–Trinajstić information content (AvgIpc) is 2.68. The van der Waals surface area contributed by atoms with Crippen molar-refractivity contribution in [1.82, 2.24) is 9.47 Å². The number of benzene rings is 1. The van der Waals surface area contributed by atoms with Crippen LogP contribution in [-0.4, -0.2) is 28.5 Å². The van der Waals surface area contributed by atoms with Crippen LogP contribution in [0.3, 0.4) is 0 Å². The molecule has 0 spiro atoms. The number of hydrogen-bond donors (Lipinski definition) is 0. The zero-order valence-electron chi connectivity index (χ0n) is 16.3. The van der Waals surface area contributed by atoms with Gasteiger partial charge in [0.15, 0.2) is 0 Å². The Morgan fingerprint density at radius 1 is 1.22 bits per heavy atom. The van der Waals surface area contributed by atoms with E-state index in [0.717, 1.165) is 42.5 Å². The number of aryl methyl sites for hydroxylation is 2. The number of likely N-dealkylation sites (tertiary alicyclic amines) is 1. The second kappa shape index (κ2) is 8.07. The maximum Gasteiger partial charge on any atom is 0.263 e. The summed E-state index contributed by atoms with van der Waals surface area (Å²) in [6.45, 7) is 5.18. The standard InChI is InChI=1S/C22H27FN2O2/c1-15-13-20(21(26)24(3)16(15)2)22(27)25-12-4-5-18(14-25)7-6-17-8-10-19(23)11-9-17/h8-11,13,18H,4-7,12,14H2,1-3H3/t18-/m0/s1. The van der Waals surface area contributed by atoms with Gasteiger partial charge in [-0.3, -0.25) is 9.59 Å². The third kappa shape index (κ3) is 4.29. The molecule has 0 radical (unpaired) electrons. The first kappa shape index (κ1) is 19.3. The van der Waals surface area contributed by atoms with E-state index in [2.05, 4.69) is 0 Å². The first-order chi connectivity index (χ1) is 12.9. The van der Waals surface area contributed by atoms with Crippen molar-refractivity contribution in [1.29, 1.82) is 0 Å². The summed E-state index contributed by atoms with van der Waals surface area (Å²) in [5.41, 5.74) is 2.98. The van der Waals surface area contributed by atoms with Crippen molar-refractivity contribution < 1.29 is 9.18 Å². The Kier molecular flexibility index (Phi) is 5.78. The normalized spacial score (nSPS) is 17.2. The first-order valence-corrected chi connectivity index (χ1v) is 9.57. The van der Waals surface area contributed by atoms with Crippen molar-refractivity contribution in [3.63, 3.8) is 0 Å². The van der Waals surface area contributed by atoms with Gasteiger partial charge in [0.25, 0.3) is 11.5 Å². The number of hydrogen-bond acceptors (Lipinski definition) is 2. The van der Waals surface area contributed by atoms with E-state index in [1.807, 2.05) is 30.9 Å². The third-order valence-corrected chi connectivity index (χ3v) is 5.76. The molecule has 1 atom stereocenters. The first-order valence-electron chi connectivity index (χ1n) is 9.57. The molecule has 0 bridgehead atoms. The van der Waals surface area contributed by atoms with E-state index in [9.17, 15) is 14.0 Å². The number of nitrogens with zero attached hydrogens (tertiary/aromatic N) is 2. The molecule has 5 heteroatoms. The Balaban J connectivity index is 1.68. The molecule has 0 saturated carbocycles. The summed E-state index contributed by atoms with van der Waals surface area (Å²) in [4.78, 5) is 27.3. The highest BCUT2D eigenvalue weighted by Crippen LogP contribution is 2.23. The van der Waals surface area contributed by atoms with E-state index in [0.29, 0.717) is 19.0 Å². The Bertz CT molecular complexity index is 886. The van der Waals surface area contributed by atoms with Crippen molar-refractivity contribution in [2.45, 2.75) is 39.5 Å². The summed E-state index contributed by atoms with van der Waals surface area (Å²) in [7, 11) is 1.71. The van der Waals surface area contributed by atoms with E-state index in [4.69, 9.17) is 0 Å². The van der Waals surface area contributed by atoms with Crippen LogP contribution in [-0.2, 0) is 13.5 Å². The Labute approximate surface area is 159 Å². The number of piperidine rings is 1. The summed E-state index contributed by atoms with van der Waals surface area (Å²) in [6, 6.07) is 8.34. The van der Waals surface area contributed by atoms with Crippen LogP contribution >= 0.6 is 0 Å². The molecule has 4 nitrogen and oxygen atoms in total. The van der Waals surface area contributed by atoms with E-state index in [1.165, 1.54) is 12.1 Å². The SMILES string of the molecule is Cc1cc(C(=O)N2CCC[C@@H](CCc3ccc(F)cc3)C2)c(=O)n(C)c1C. The molecule has 27 heavy (non-hydrogen) atoms. The minimum absolute atomic E-state index is 0.162. The average molecular weight is 370 g/mol. The Morgan fingerprint density at radius 3 is 2.63 bits per heavy atom. The fourth-order valence-corrected chi connectivity index (χ4v) is 3.81. The number of aromatic nitrogens is 1. The van der Waals surface area contributed by atoms with Crippen molar-refractivity contribution >= 4 is 5.91 Å². The van der Waals surface area contributed by atoms with E-state index >= 15 is 0 Å². The fraction of sp³-hybridized carbons (Fsp3) is 0.455. The number of amides is 1. The minimum atomic E-state index is -0.225. The number of carbonyl (C=O) groups excluding carboxylic acids is 1. The molecule has 0 N–H and O–H groups in total. The maximum atomic E-state index is 13.0. The van der Waals surface area contributed by atoms with Gasteiger partial charge in [-0.05, 0) is 74.8 Å². The van der Waals surface area contributed by atoms with Gasteiger partial charge in [0, 0.05) is 25.8 Å². The van der Waals surface area contributed by atoms with Crippen LogP contribution in [0.25, 0.3) is 0 Å². The highest BCUT2D eigenvalue weighted by Gasteiger charge is 2.26. The fourth-order valence-electron chi connectivity index (χ4n) is 3.81. The van der Waals surface area contributed by atoms with Gasteiger partial charge in [-0.2, -0.15) is 0 Å². The van der Waals surface area contributed by atoms with Crippen LogP contribution in [0, 0.1) is 25.6 Å². The summed E-state index contributed by atoms with van der Waals surface area (Å²) < 4.78 is 14.6. The zero-order valence-corrected chi connectivity index (χ0v) is 16.3. The zero-order chi connectivity index (χ0) is 19.6. The second-order valence-corrected chi connectivity index (χ2v) is 7.62. The molecule has 1 amide bonds. The third-order valence-electron chi connectivity index (χ3n) is 5.76. The largest absolute Gasteiger partial charge is 0.338 e. The van der Waals surface area contributed by atoms with Crippen molar-refractivity contribution in [3.8, 4) is 0 Å². The molecule has 1 aliphatic heterocycles. The van der Waals surface area contributed by atoms with Gasteiger partial charge in [-0.1, -0.05) is 12.1 Å². The van der Waals surface area contributed by atoms with Crippen LogP contribution in [0.15, 0.2) is 35.1 Å². The lowest BCUT2D eigenvalue weighted by Gasteiger charge is -2.33. The summed E-state index contributed by atoms with van der Waals surface area (Å²) in [5.74, 6) is 0.0245. The number of halogens is 1. The van der Waals surface area contributed by atoms with Crippen LogP contribution < -0.4 is 5.56 Å². The molecule has 144 valence electrons. The van der Waals surface area contributed by atoms with Crippen molar-refractivity contribution in [2.24, 2.45) is 13.0 Å². The molecule has 2 heterocycles. The molecule has 1 aromatic carbocycles. The molecule has 1 aliphatic rings. The topological polar surface area (TPSA) is 42.3 Å². The molecule has 3 rings (SSSR count). The lowest BCUT2D eigenvalue weighted by atomic mass is 9.91. The van der Waals surface area contributed by atoms with E-state index < -0.39 is 0 Å². The van der Waals surface area contributed by atoms with Crippen molar-refractivity contribution in [2.75, 3.05) is 13.1 Å². The van der Waals surface area contributed by atoms with Crippen LogP contribution in [0.1, 0.15) is 46.4 Å². The summed E-state index contributed by atoms with van der Waals surface area (Å²) in [6.07, 6.45) is 3.86. The van der Waals surface area contributed by atoms with Crippen LogP contribution in [0.5, 0.6) is 0 Å². The highest BCUT2D eigenvalue weighted by atomic mass is 19.1. The minimum Gasteiger partial charge on any atom is -0.338 e. The van der Waals surface area contributed by atoms with Crippen LogP contribution in [0.4, 0.5) is 4.39 Å². The highest BCUT2D eigenvalue weighted by molar-refractivity contribution is 5.94. The summed E-state index contributed by atoms with van der Waals surface area (Å²) in [5, 5.41) is 0. The van der Waals surface area contributed by atoms with Gasteiger partial charge in [0.05, 0.1) is 0 Å². The van der Waals surface area contributed by atoms with E-state index in [1.54, 1.807) is 17.7 Å². The van der Waals surface area contributed by atoms with Gasteiger partial charge in [-0.25, -0.2) is 4.39 Å². The smallest absolute Gasteiger partial charge is 0.263 e. The second-order valence-electron chi connectivity index (χ2n) is 7.62. The number of carbonyl (C=O) groups is 1. The Morgan fingerprint density at radius 2 is 1.93 bits per heavy atom. The van der Waals surface area contributed by atoms with Gasteiger partial charge >= 0.3 is 0 Å². The van der Waals surface area contributed by atoms with Gasteiger partial charge in [0.2, 0.25) is 0 Å². The molecule has 1 saturated heterocycles. The lowest BCUT2D eigenvalue weighted by Crippen LogP contribution is -2.42. The quantitative estimate of drug-likeness (QED) is 0.825. The number of pyridine rings is 1. The molecular weight excluding hydrogens is 343 g/mol. The monoisotopic (exact) mass is 370 g/mol. The number of rotatable bonds is 4. The Hall–Kier alpha value is -2.43. The summed E-state index contributed by atoms with van der Waals surface area (Å²) >= 11 is 0. The molecular formula is C22H27FN2O2. The molecule has 0 aliphatic carbocycles. The molecule has 2 aromatic rings. The predicted octanol–water partition coefficient (Wildman–Crippen LogP) is 3.63. The van der Waals surface area contributed by atoms with E-state index in [-0.39, 0.29) is 22.8 Å². The molecule has 1 fully saturated rings. The van der Waals surface area contributed by atoms with Gasteiger partial charge < -0.3 is 9.47 Å². The predicted molar refractivity (Wildman–Crippen MR) is 105 cm³/mol. The molecule has 0 unspecified atom stereocenters. The van der Waals surface area contributed by atoms with Crippen LogP contribution in [0.2, 0.25) is 0 Å². The van der Waals surface area contributed by atoms with Crippen molar-refractivity contribution in [3.05, 3.63) is 68.9 Å². The van der Waals surface area contributed by atoms with Gasteiger partial charge in [0.1, 0.15) is 11.4 Å². The molecule has 1 aromatic heterocycles. The maximum absolute atomic E-state index is 13.0. The van der Waals surface area contributed by atoms with Gasteiger partial charge in [-0.15, -0.1) is 0 Å².